The van der Waals surface area contributed by atoms with Crippen molar-refractivity contribution in [3.05, 3.63) is 29.8 Å². The van der Waals surface area contributed by atoms with Gasteiger partial charge in [0.15, 0.2) is 0 Å². The summed E-state index contributed by atoms with van der Waals surface area (Å²) in [7, 11) is 0. The molecule has 5 heteroatoms. The molecule has 31 heavy (non-hydrogen) atoms. The Kier molecular flexibility index (Phi) is 8.70. The average Bonchev–Trinajstić information content (AvgIpc) is 2.69. The van der Waals surface area contributed by atoms with Gasteiger partial charge in [0.2, 0.25) is 11.8 Å². The van der Waals surface area contributed by atoms with E-state index in [4.69, 9.17) is 9.47 Å². The van der Waals surface area contributed by atoms with Crippen molar-refractivity contribution in [3.63, 3.8) is 0 Å². The standard InChI is InChI=1S/C26H41NO4/c1-8-23(28)27(17-21-9-11-22(12-10-21)31-20(4)5)24(29)13-14-26(19(2)3)15-16-30-25(6,7)18-26/h9-12,19-20H,8,13-18H2,1-7H3/t26-/m1/s1. The summed E-state index contributed by atoms with van der Waals surface area (Å²) in [6.45, 7) is 15.5. The van der Waals surface area contributed by atoms with Gasteiger partial charge in [-0.3, -0.25) is 14.5 Å². The molecule has 0 N–H and O–H groups in total. The molecule has 1 aliphatic heterocycles. The number of nitrogens with zero attached hydrogens (tertiary/aromatic N) is 1. The molecule has 1 fully saturated rings. The maximum Gasteiger partial charge on any atom is 0.229 e. The Morgan fingerprint density at radius 1 is 1.10 bits per heavy atom. The van der Waals surface area contributed by atoms with Crippen LogP contribution in [0, 0.1) is 11.3 Å². The minimum Gasteiger partial charge on any atom is -0.491 e. The number of ether oxygens (including phenoxy) is 2. The predicted molar refractivity (Wildman–Crippen MR) is 124 cm³/mol. The Bertz CT molecular complexity index is 738. The normalized spacial score (nSPS) is 20.7. The number of carbonyl (C=O) groups is 2. The van der Waals surface area contributed by atoms with Crippen LogP contribution in [-0.2, 0) is 20.9 Å². The summed E-state index contributed by atoms with van der Waals surface area (Å²) in [6.07, 6.45) is 3.48. The van der Waals surface area contributed by atoms with E-state index in [1.807, 2.05) is 38.1 Å². The van der Waals surface area contributed by atoms with Crippen LogP contribution in [-0.4, -0.2) is 35.0 Å². The molecule has 5 nitrogen and oxygen atoms in total. The molecule has 0 spiro atoms. The van der Waals surface area contributed by atoms with Crippen LogP contribution in [0.1, 0.15) is 86.1 Å². The lowest BCUT2D eigenvalue weighted by Gasteiger charge is -2.48. The van der Waals surface area contributed by atoms with Crippen molar-refractivity contribution >= 4 is 11.8 Å². The fourth-order valence-corrected chi connectivity index (χ4v) is 4.64. The number of hydrogen-bond acceptors (Lipinski definition) is 4. The zero-order chi connectivity index (χ0) is 23.2. The van der Waals surface area contributed by atoms with Gasteiger partial charge in [0.1, 0.15) is 5.75 Å². The lowest BCUT2D eigenvalue weighted by atomic mass is 9.64. The lowest BCUT2D eigenvalue weighted by Crippen LogP contribution is -2.45. The molecule has 2 rings (SSSR count). The van der Waals surface area contributed by atoms with Gasteiger partial charge >= 0.3 is 0 Å². The van der Waals surface area contributed by atoms with Gasteiger partial charge in [-0.25, -0.2) is 0 Å². The molecule has 1 aromatic carbocycles. The number of imide groups is 1. The van der Waals surface area contributed by atoms with Gasteiger partial charge in [0.05, 0.1) is 18.2 Å². The van der Waals surface area contributed by atoms with E-state index < -0.39 is 0 Å². The molecule has 1 aromatic rings. The van der Waals surface area contributed by atoms with Crippen LogP contribution >= 0.6 is 0 Å². The summed E-state index contributed by atoms with van der Waals surface area (Å²) in [5.74, 6) is 1.03. The Morgan fingerprint density at radius 3 is 2.26 bits per heavy atom. The van der Waals surface area contributed by atoms with E-state index in [2.05, 4.69) is 27.7 Å². The van der Waals surface area contributed by atoms with Gasteiger partial charge < -0.3 is 9.47 Å². The summed E-state index contributed by atoms with van der Waals surface area (Å²) in [5.41, 5.74) is 0.815. The molecular formula is C26H41NO4. The quantitative estimate of drug-likeness (QED) is 0.499. The lowest BCUT2D eigenvalue weighted by molar-refractivity contribution is -0.148. The number of rotatable bonds is 9. The largest absolute Gasteiger partial charge is 0.491 e. The van der Waals surface area contributed by atoms with Crippen molar-refractivity contribution in [3.8, 4) is 5.75 Å². The fraction of sp³-hybridized carbons (Fsp3) is 0.692. The highest BCUT2D eigenvalue weighted by atomic mass is 16.5. The van der Waals surface area contributed by atoms with Crippen molar-refractivity contribution < 1.29 is 19.1 Å². The van der Waals surface area contributed by atoms with Gasteiger partial charge in [-0.1, -0.05) is 32.9 Å². The molecule has 174 valence electrons. The van der Waals surface area contributed by atoms with Gasteiger partial charge in [0, 0.05) is 19.4 Å². The van der Waals surface area contributed by atoms with Gasteiger partial charge in [-0.05, 0) is 76.0 Å². The minimum absolute atomic E-state index is 0.0637. The second kappa shape index (κ2) is 10.6. The Morgan fingerprint density at radius 2 is 1.74 bits per heavy atom. The summed E-state index contributed by atoms with van der Waals surface area (Å²) in [5, 5.41) is 0. The van der Waals surface area contributed by atoms with Crippen LogP contribution in [0.25, 0.3) is 0 Å². The maximum atomic E-state index is 13.2. The number of carbonyl (C=O) groups excluding carboxylic acids is 2. The summed E-state index contributed by atoms with van der Waals surface area (Å²) in [6, 6.07) is 7.65. The highest BCUT2D eigenvalue weighted by Gasteiger charge is 2.43. The van der Waals surface area contributed by atoms with E-state index in [1.165, 1.54) is 4.90 Å². The number of benzene rings is 1. The van der Waals surface area contributed by atoms with Crippen LogP contribution in [0.5, 0.6) is 5.75 Å². The minimum atomic E-state index is -0.176. The molecule has 0 saturated carbocycles. The Labute approximate surface area is 188 Å². The summed E-state index contributed by atoms with van der Waals surface area (Å²) < 4.78 is 11.6. The highest BCUT2D eigenvalue weighted by Crippen LogP contribution is 2.47. The topological polar surface area (TPSA) is 55.8 Å². The molecule has 1 aliphatic rings. The molecule has 1 heterocycles. The van der Waals surface area contributed by atoms with Crippen molar-refractivity contribution in [2.24, 2.45) is 11.3 Å². The molecule has 0 bridgehead atoms. The first kappa shape index (κ1) is 25.4. The summed E-state index contributed by atoms with van der Waals surface area (Å²) >= 11 is 0. The first-order valence-electron chi connectivity index (χ1n) is 11.7. The van der Waals surface area contributed by atoms with E-state index in [1.54, 1.807) is 6.92 Å². The third-order valence-corrected chi connectivity index (χ3v) is 6.47. The van der Waals surface area contributed by atoms with Crippen molar-refractivity contribution in [2.45, 2.75) is 98.8 Å². The van der Waals surface area contributed by atoms with Crippen molar-refractivity contribution in [1.29, 1.82) is 0 Å². The van der Waals surface area contributed by atoms with Gasteiger partial charge in [-0.15, -0.1) is 0 Å². The predicted octanol–water partition coefficient (Wildman–Crippen LogP) is 5.75. The molecule has 2 amide bonds. The van der Waals surface area contributed by atoms with E-state index >= 15 is 0 Å². The van der Waals surface area contributed by atoms with Crippen molar-refractivity contribution in [2.75, 3.05) is 6.61 Å². The van der Waals surface area contributed by atoms with E-state index in [9.17, 15) is 9.59 Å². The molecular weight excluding hydrogens is 390 g/mol. The molecule has 0 radical (unpaired) electrons. The third-order valence-electron chi connectivity index (χ3n) is 6.47. The molecule has 1 atom stereocenters. The first-order chi connectivity index (χ1) is 14.5. The molecule has 0 aliphatic carbocycles. The Balaban J connectivity index is 2.09. The monoisotopic (exact) mass is 431 g/mol. The number of hydrogen-bond donors (Lipinski definition) is 0. The van der Waals surface area contributed by atoms with Gasteiger partial charge in [0.25, 0.3) is 0 Å². The van der Waals surface area contributed by atoms with Crippen LogP contribution in [0.15, 0.2) is 24.3 Å². The maximum absolute atomic E-state index is 13.2. The summed E-state index contributed by atoms with van der Waals surface area (Å²) in [4.78, 5) is 27.2. The number of amides is 2. The average molecular weight is 432 g/mol. The second-order valence-electron chi connectivity index (χ2n) is 10.1. The van der Waals surface area contributed by atoms with E-state index in [0.29, 0.717) is 25.3 Å². The fourth-order valence-electron chi connectivity index (χ4n) is 4.64. The van der Waals surface area contributed by atoms with Crippen LogP contribution < -0.4 is 4.74 Å². The first-order valence-corrected chi connectivity index (χ1v) is 11.7. The van der Waals surface area contributed by atoms with Crippen LogP contribution in [0.4, 0.5) is 0 Å². The van der Waals surface area contributed by atoms with Crippen LogP contribution in [0.3, 0.4) is 0 Å². The Hall–Kier alpha value is -1.88. The second-order valence-corrected chi connectivity index (χ2v) is 10.1. The molecule has 0 unspecified atom stereocenters. The SMILES string of the molecule is CCC(=O)N(Cc1ccc(OC(C)C)cc1)C(=O)CC[C@@]1(C(C)C)CCOC(C)(C)C1. The smallest absolute Gasteiger partial charge is 0.229 e. The zero-order valence-electron chi connectivity index (χ0n) is 20.5. The van der Waals surface area contributed by atoms with Gasteiger partial charge in [-0.2, -0.15) is 0 Å². The van der Waals surface area contributed by atoms with E-state index in [0.717, 1.165) is 37.2 Å². The molecule has 1 saturated heterocycles. The third kappa shape index (κ3) is 7.06. The molecule has 0 aromatic heterocycles. The highest BCUT2D eigenvalue weighted by molar-refractivity contribution is 5.95. The van der Waals surface area contributed by atoms with Crippen molar-refractivity contribution in [1.82, 2.24) is 4.90 Å². The van der Waals surface area contributed by atoms with E-state index in [-0.39, 0.29) is 28.9 Å². The van der Waals surface area contributed by atoms with Crippen LogP contribution in [0.2, 0.25) is 0 Å². The zero-order valence-corrected chi connectivity index (χ0v) is 20.5.